The normalized spacial score (nSPS) is 25.9. The molecule has 16 heavy (non-hydrogen) atoms. The van der Waals surface area contributed by atoms with Crippen molar-refractivity contribution in [2.24, 2.45) is 11.7 Å². The zero-order valence-corrected chi connectivity index (χ0v) is 11.1. The minimum Gasteiger partial charge on any atom is -0.355 e. The number of rotatable bonds is 4. The minimum absolute atomic E-state index is 0. The first kappa shape index (κ1) is 15.7. The number of carbonyl (C=O) groups excluding carboxylic acids is 1. The minimum atomic E-state index is 0. The molecule has 1 rings (SSSR count). The van der Waals surface area contributed by atoms with E-state index in [2.05, 4.69) is 17.1 Å². The van der Waals surface area contributed by atoms with Gasteiger partial charge in [-0.3, -0.25) is 9.69 Å². The molecule has 0 aromatic carbocycles. The number of amides is 1. The SMILES string of the molecule is CCNC(=O)CN1CCCC(C)C1CN.Cl. The van der Waals surface area contributed by atoms with Crippen molar-refractivity contribution < 1.29 is 4.79 Å². The lowest BCUT2D eigenvalue weighted by atomic mass is 9.91. The van der Waals surface area contributed by atoms with Crippen LogP contribution in [0, 0.1) is 5.92 Å². The van der Waals surface area contributed by atoms with E-state index in [1.807, 2.05) is 6.92 Å². The van der Waals surface area contributed by atoms with Crippen molar-refractivity contribution in [3.63, 3.8) is 0 Å². The third-order valence-electron chi connectivity index (χ3n) is 3.19. The predicted molar refractivity (Wildman–Crippen MR) is 68.7 cm³/mol. The molecule has 0 aromatic rings. The Bertz CT molecular complexity index is 213. The first-order valence-electron chi connectivity index (χ1n) is 5.89. The predicted octanol–water partition coefficient (Wildman–Crippen LogP) is 0.604. The lowest BCUT2D eigenvalue weighted by Gasteiger charge is -2.38. The molecule has 2 unspecified atom stereocenters. The van der Waals surface area contributed by atoms with Gasteiger partial charge in [-0.2, -0.15) is 0 Å². The lowest BCUT2D eigenvalue weighted by Crippen LogP contribution is -2.51. The fourth-order valence-corrected chi connectivity index (χ4v) is 2.35. The van der Waals surface area contributed by atoms with Crippen molar-refractivity contribution in [3.8, 4) is 0 Å². The number of likely N-dealkylation sites (N-methyl/N-ethyl adjacent to an activating group) is 1. The second-order valence-electron chi connectivity index (χ2n) is 4.35. The third-order valence-corrected chi connectivity index (χ3v) is 3.19. The summed E-state index contributed by atoms with van der Waals surface area (Å²) in [7, 11) is 0. The van der Waals surface area contributed by atoms with Crippen LogP contribution in [0.4, 0.5) is 0 Å². The molecule has 0 radical (unpaired) electrons. The number of nitrogens with zero attached hydrogens (tertiary/aromatic N) is 1. The highest BCUT2D eigenvalue weighted by Gasteiger charge is 2.28. The summed E-state index contributed by atoms with van der Waals surface area (Å²) >= 11 is 0. The highest BCUT2D eigenvalue weighted by Crippen LogP contribution is 2.21. The molecular formula is C11H24ClN3O. The van der Waals surface area contributed by atoms with Crippen LogP contribution in [0.1, 0.15) is 26.7 Å². The van der Waals surface area contributed by atoms with Gasteiger partial charge in [0.1, 0.15) is 0 Å². The van der Waals surface area contributed by atoms with E-state index in [9.17, 15) is 4.79 Å². The molecule has 5 heteroatoms. The summed E-state index contributed by atoms with van der Waals surface area (Å²) in [6.45, 7) is 7.03. The Morgan fingerprint density at radius 3 is 2.81 bits per heavy atom. The maximum Gasteiger partial charge on any atom is 0.234 e. The Morgan fingerprint density at radius 2 is 2.25 bits per heavy atom. The molecule has 0 spiro atoms. The van der Waals surface area contributed by atoms with E-state index in [-0.39, 0.29) is 18.3 Å². The third kappa shape index (κ3) is 4.28. The van der Waals surface area contributed by atoms with Crippen molar-refractivity contribution >= 4 is 18.3 Å². The molecule has 1 aliphatic heterocycles. The van der Waals surface area contributed by atoms with Crippen LogP contribution in [0.3, 0.4) is 0 Å². The van der Waals surface area contributed by atoms with Gasteiger partial charge in [-0.15, -0.1) is 12.4 Å². The molecule has 4 nitrogen and oxygen atoms in total. The summed E-state index contributed by atoms with van der Waals surface area (Å²) in [6, 6.07) is 0.376. The van der Waals surface area contributed by atoms with Crippen LogP contribution in [0.15, 0.2) is 0 Å². The highest BCUT2D eigenvalue weighted by atomic mass is 35.5. The Kier molecular flexibility index (Phi) is 7.72. The van der Waals surface area contributed by atoms with E-state index in [0.29, 0.717) is 31.6 Å². The molecule has 2 atom stereocenters. The number of piperidine rings is 1. The van der Waals surface area contributed by atoms with Gasteiger partial charge in [0.15, 0.2) is 0 Å². The monoisotopic (exact) mass is 249 g/mol. The number of hydrogen-bond donors (Lipinski definition) is 2. The summed E-state index contributed by atoms with van der Waals surface area (Å²) in [4.78, 5) is 13.7. The molecule has 0 aromatic heterocycles. The Hall–Kier alpha value is -0.320. The fourth-order valence-electron chi connectivity index (χ4n) is 2.35. The molecule has 3 N–H and O–H groups in total. The van der Waals surface area contributed by atoms with Gasteiger partial charge in [-0.25, -0.2) is 0 Å². The zero-order chi connectivity index (χ0) is 11.3. The number of likely N-dealkylation sites (tertiary alicyclic amines) is 1. The van der Waals surface area contributed by atoms with E-state index in [1.54, 1.807) is 0 Å². The van der Waals surface area contributed by atoms with Gasteiger partial charge in [0, 0.05) is 19.1 Å². The molecule has 1 saturated heterocycles. The van der Waals surface area contributed by atoms with Gasteiger partial charge in [0.2, 0.25) is 5.91 Å². The Balaban J connectivity index is 0.00000225. The molecule has 0 saturated carbocycles. The van der Waals surface area contributed by atoms with E-state index in [4.69, 9.17) is 5.73 Å². The number of hydrogen-bond acceptors (Lipinski definition) is 3. The Labute approximate surface area is 104 Å². The summed E-state index contributed by atoms with van der Waals surface area (Å²) < 4.78 is 0. The van der Waals surface area contributed by atoms with Crippen LogP contribution in [-0.2, 0) is 4.79 Å². The molecule has 1 heterocycles. The van der Waals surface area contributed by atoms with Crippen LogP contribution in [0.5, 0.6) is 0 Å². The first-order chi connectivity index (χ1) is 7.19. The topological polar surface area (TPSA) is 58.4 Å². The van der Waals surface area contributed by atoms with Crippen molar-refractivity contribution in [3.05, 3.63) is 0 Å². The molecule has 1 amide bonds. The van der Waals surface area contributed by atoms with E-state index in [1.165, 1.54) is 12.8 Å². The van der Waals surface area contributed by atoms with Gasteiger partial charge in [0.25, 0.3) is 0 Å². The lowest BCUT2D eigenvalue weighted by molar-refractivity contribution is -0.123. The fraction of sp³-hybridized carbons (Fsp3) is 0.909. The van der Waals surface area contributed by atoms with Crippen LogP contribution >= 0.6 is 12.4 Å². The van der Waals surface area contributed by atoms with Crippen LogP contribution in [0.2, 0.25) is 0 Å². The largest absolute Gasteiger partial charge is 0.355 e. The average molecular weight is 250 g/mol. The maximum absolute atomic E-state index is 11.5. The van der Waals surface area contributed by atoms with Gasteiger partial charge >= 0.3 is 0 Å². The molecule has 1 fully saturated rings. The van der Waals surface area contributed by atoms with Crippen LogP contribution < -0.4 is 11.1 Å². The van der Waals surface area contributed by atoms with Crippen molar-refractivity contribution in [2.75, 3.05) is 26.2 Å². The molecule has 0 aliphatic carbocycles. The smallest absolute Gasteiger partial charge is 0.234 e. The summed E-state index contributed by atoms with van der Waals surface area (Å²) in [5.74, 6) is 0.725. The second kappa shape index (κ2) is 7.87. The van der Waals surface area contributed by atoms with Crippen molar-refractivity contribution in [2.45, 2.75) is 32.7 Å². The summed E-state index contributed by atoms with van der Waals surface area (Å²) in [6.07, 6.45) is 2.41. The summed E-state index contributed by atoms with van der Waals surface area (Å²) in [5, 5.41) is 2.83. The van der Waals surface area contributed by atoms with E-state index in [0.717, 1.165) is 6.54 Å². The quantitative estimate of drug-likeness (QED) is 0.767. The van der Waals surface area contributed by atoms with Crippen LogP contribution in [0.25, 0.3) is 0 Å². The van der Waals surface area contributed by atoms with Crippen molar-refractivity contribution in [1.29, 1.82) is 0 Å². The summed E-state index contributed by atoms with van der Waals surface area (Å²) in [5.41, 5.74) is 5.76. The number of carbonyl (C=O) groups is 1. The number of halogens is 1. The van der Waals surface area contributed by atoms with Crippen molar-refractivity contribution in [1.82, 2.24) is 10.2 Å². The van der Waals surface area contributed by atoms with Crippen LogP contribution in [-0.4, -0.2) is 43.0 Å². The van der Waals surface area contributed by atoms with E-state index >= 15 is 0 Å². The second-order valence-corrected chi connectivity index (χ2v) is 4.35. The van der Waals surface area contributed by atoms with Gasteiger partial charge < -0.3 is 11.1 Å². The number of nitrogens with one attached hydrogen (secondary N) is 1. The molecule has 96 valence electrons. The molecule has 1 aliphatic rings. The van der Waals surface area contributed by atoms with Gasteiger partial charge in [-0.05, 0) is 32.2 Å². The zero-order valence-electron chi connectivity index (χ0n) is 10.2. The van der Waals surface area contributed by atoms with E-state index < -0.39 is 0 Å². The first-order valence-corrected chi connectivity index (χ1v) is 5.89. The molecular weight excluding hydrogens is 226 g/mol. The van der Waals surface area contributed by atoms with Gasteiger partial charge in [0.05, 0.1) is 6.54 Å². The Morgan fingerprint density at radius 1 is 1.56 bits per heavy atom. The highest BCUT2D eigenvalue weighted by molar-refractivity contribution is 5.85. The average Bonchev–Trinajstić information content (AvgIpc) is 2.18. The van der Waals surface area contributed by atoms with Gasteiger partial charge in [-0.1, -0.05) is 6.92 Å². The number of nitrogens with two attached hydrogens (primary N) is 1. The molecule has 0 bridgehead atoms. The maximum atomic E-state index is 11.5. The standard InChI is InChI=1S/C11H23N3O.ClH/c1-3-13-11(15)8-14-6-4-5-9(2)10(14)7-12;/h9-10H,3-8,12H2,1-2H3,(H,13,15);1H.